The predicted molar refractivity (Wildman–Crippen MR) is 107 cm³/mol. The molecule has 0 bridgehead atoms. The molecule has 8 heteroatoms. The molecular weight excluding hydrogens is 415 g/mol. The van der Waals surface area contributed by atoms with Crippen molar-refractivity contribution in [3.8, 4) is 0 Å². The average molecular weight is 435 g/mol. The summed E-state index contributed by atoms with van der Waals surface area (Å²) < 4.78 is 71.9. The van der Waals surface area contributed by atoms with Gasteiger partial charge in [0, 0.05) is 6.54 Å². The lowest BCUT2D eigenvalue weighted by Crippen LogP contribution is -2.26. The summed E-state index contributed by atoms with van der Waals surface area (Å²) in [5.74, 6) is 0. The van der Waals surface area contributed by atoms with Gasteiger partial charge in [-0.1, -0.05) is 66.7 Å². The number of hydrogen-bond acceptors (Lipinski definition) is 3. The highest BCUT2D eigenvalue weighted by molar-refractivity contribution is 7.89. The number of ether oxygens (including phenoxy) is 1. The van der Waals surface area contributed by atoms with Gasteiger partial charge in [-0.05, 0) is 28.8 Å². The Hall–Kier alpha value is -2.68. The zero-order valence-corrected chi connectivity index (χ0v) is 16.7. The van der Waals surface area contributed by atoms with Gasteiger partial charge in [-0.15, -0.1) is 0 Å². The van der Waals surface area contributed by atoms with Gasteiger partial charge in [0.15, 0.2) is 0 Å². The summed E-state index contributed by atoms with van der Waals surface area (Å²) >= 11 is 0. The third-order valence-electron chi connectivity index (χ3n) is 4.35. The largest absolute Gasteiger partial charge is 0.417 e. The van der Waals surface area contributed by atoms with E-state index in [0.29, 0.717) is 18.8 Å². The second-order valence-electron chi connectivity index (χ2n) is 6.61. The molecule has 0 heterocycles. The molecule has 0 aromatic heterocycles. The number of nitrogens with one attached hydrogen (secondary N) is 1. The molecule has 0 fully saturated rings. The molecule has 4 nitrogen and oxygen atoms in total. The topological polar surface area (TPSA) is 55.4 Å². The normalized spacial score (nSPS) is 12.1. The number of alkyl halides is 3. The van der Waals surface area contributed by atoms with Crippen molar-refractivity contribution in [2.24, 2.45) is 0 Å². The van der Waals surface area contributed by atoms with E-state index < -0.39 is 26.7 Å². The highest BCUT2D eigenvalue weighted by Gasteiger charge is 2.36. The smallest absolute Gasteiger partial charge is 0.372 e. The molecule has 0 saturated carbocycles. The van der Waals surface area contributed by atoms with E-state index in [4.69, 9.17) is 4.74 Å². The Morgan fingerprint density at radius 3 is 1.90 bits per heavy atom. The summed E-state index contributed by atoms with van der Waals surface area (Å²) in [4.78, 5) is -0.788. The molecule has 0 aliphatic rings. The fraction of sp³-hybridized carbons (Fsp3) is 0.182. The minimum absolute atomic E-state index is 0.125. The van der Waals surface area contributed by atoms with E-state index in [1.807, 2.05) is 30.3 Å². The highest BCUT2D eigenvalue weighted by atomic mass is 32.2. The molecule has 0 aliphatic carbocycles. The van der Waals surface area contributed by atoms with E-state index in [9.17, 15) is 21.6 Å². The number of hydrogen-bond donors (Lipinski definition) is 1. The lowest BCUT2D eigenvalue weighted by Gasteiger charge is -2.14. The maximum absolute atomic E-state index is 13.1. The van der Waals surface area contributed by atoms with Crippen LogP contribution < -0.4 is 4.72 Å². The summed E-state index contributed by atoms with van der Waals surface area (Å²) in [6.45, 7) is 0.737. The maximum Gasteiger partial charge on any atom is 0.417 e. The van der Waals surface area contributed by atoms with Crippen molar-refractivity contribution in [2.75, 3.05) is 0 Å². The summed E-state index contributed by atoms with van der Waals surface area (Å²) in [6.07, 6.45) is -4.76. The summed E-state index contributed by atoms with van der Waals surface area (Å²) in [6, 6.07) is 20.8. The molecule has 0 atom stereocenters. The van der Waals surface area contributed by atoms with Crippen LogP contribution in [0.15, 0.2) is 83.8 Å². The molecule has 0 unspecified atom stereocenters. The first-order valence-corrected chi connectivity index (χ1v) is 10.6. The second kappa shape index (κ2) is 9.42. The van der Waals surface area contributed by atoms with Crippen LogP contribution in [-0.2, 0) is 40.7 Å². The van der Waals surface area contributed by atoms with Crippen LogP contribution in [0.3, 0.4) is 0 Å². The third kappa shape index (κ3) is 5.91. The van der Waals surface area contributed by atoms with Gasteiger partial charge in [0.25, 0.3) is 0 Å². The summed E-state index contributed by atoms with van der Waals surface area (Å²) in [5.41, 5.74) is 1.39. The van der Waals surface area contributed by atoms with Crippen LogP contribution in [0.25, 0.3) is 0 Å². The van der Waals surface area contributed by atoms with Crippen LogP contribution in [0.1, 0.15) is 22.3 Å². The van der Waals surface area contributed by atoms with E-state index in [1.54, 1.807) is 24.3 Å². The van der Waals surface area contributed by atoms with E-state index in [2.05, 4.69) is 4.72 Å². The Labute approximate surface area is 173 Å². The molecular formula is C22H20F3NO3S. The summed E-state index contributed by atoms with van der Waals surface area (Å²) in [5, 5.41) is 0. The number of halogens is 3. The highest BCUT2D eigenvalue weighted by Crippen LogP contribution is 2.33. The van der Waals surface area contributed by atoms with Crippen LogP contribution >= 0.6 is 0 Å². The van der Waals surface area contributed by atoms with Gasteiger partial charge in [0.1, 0.15) is 0 Å². The van der Waals surface area contributed by atoms with Crippen LogP contribution in [0, 0.1) is 0 Å². The summed E-state index contributed by atoms with van der Waals surface area (Å²) in [7, 11) is -4.32. The van der Waals surface area contributed by atoms with E-state index in [0.717, 1.165) is 29.3 Å². The van der Waals surface area contributed by atoms with Crippen LogP contribution in [0.4, 0.5) is 13.2 Å². The van der Waals surface area contributed by atoms with Crippen molar-refractivity contribution in [1.82, 2.24) is 4.72 Å². The number of rotatable bonds is 8. The Bertz CT molecular complexity index is 1070. The van der Waals surface area contributed by atoms with Crippen molar-refractivity contribution < 1.29 is 26.3 Å². The van der Waals surface area contributed by atoms with Crippen molar-refractivity contribution in [1.29, 1.82) is 0 Å². The Morgan fingerprint density at radius 2 is 1.27 bits per heavy atom. The molecule has 0 radical (unpaired) electrons. The van der Waals surface area contributed by atoms with E-state index >= 15 is 0 Å². The molecule has 1 N–H and O–H groups in total. The monoisotopic (exact) mass is 435 g/mol. The first-order valence-electron chi connectivity index (χ1n) is 9.11. The van der Waals surface area contributed by atoms with Gasteiger partial charge in [-0.3, -0.25) is 0 Å². The number of benzene rings is 3. The molecule has 3 aromatic rings. The van der Waals surface area contributed by atoms with Crippen LogP contribution in [-0.4, -0.2) is 8.42 Å². The Balaban J connectivity index is 1.58. The van der Waals surface area contributed by atoms with Crippen molar-refractivity contribution in [3.05, 3.63) is 101 Å². The Morgan fingerprint density at radius 1 is 0.733 bits per heavy atom. The third-order valence-corrected chi connectivity index (χ3v) is 5.81. The predicted octanol–water partition coefficient (Wildman–Crippen LogP) is 4.90. The van der Waals surface area contributed by atoms with Gasteiger partial charge in [-0.2, -0.15) is 13.2 Å². The average Bonchev–Trinajstić information content (AvgIpc) is 2.73. The second-order valence-corrected chi connectivity index (χ2v) is 8.35. The first kappa shape index (κ1) is 22.0. The molecule has 30 heavy (non-hydrogen) atoms. The maximum atomic E-state index is 13.1. The standard InChI is InChI=1S/C22H20F3NO3S/c23-22(24,25)20-8-4-5-9-21(20)30(27,28)26-14-17-10-12-19(13-11-17)16-29-15-18-6-2-1-3-7-18/h1-13,26H,14-16H2. The van der Waals surface area contributed by atoms with E-state index in [-0.39, 0.29) is 6.54 Å². The molecule has 0 aliphatic heterocycles. The Kier molecular flexibility index (Phi) is 6.91. The van der Waals surface area contributed by atoms with Gasteiger partial charge < -0.3 is 4.74 Å². The molecule has 0 amide bonds. The molecule has 3 aromatic carbocycles. The number of sulfonamides is 1. The van der Waals surface area contributed by atoms with Crippen molar-refractivity contribution in [3.63, 3.8) is 0 Å². The fourth-order valence-electron chi connectivity index (χ4n) is 2.81. The van der Waals surface area contributed by atoms with Gasteiger partial charge in [-0.25, -0.2) is 13.1 Å². The van der Waals surface area contributed by atoms with Crippen molar-refractivity contribution >= 4 is 10.0 Å². The SMILES string of the molecule is O=S(=O)(NCc1ccc(COCc2ccccc2)cc1)c1ccccc1C(F)(F)F. The lowest BCUT2D eigenvalue weighted by molar-refractivity contribution is -0.139. The van der Waals surface area contributed by atoms with Gasteiger partial charge in [0.05, 0.1) is 23.7 Å². The molecule has 0 spiro atoms. The molecule has 158 valence electrons. The fourth-order valence-corrected chi connectivity index (χ4v) is 4.05. The molecule has 0 saturated heterocycles. The first-order chi connectivity index (χ1) is 14.3. The minimum atomic E-state index is -4.76. The van der Waals surface area contributed by atoms with Crippen LogP contribution in [0.2, 0.25) is 0 Å². The van der Waals surface area contributed by atoms with Crippen LogP contribution in [0.5, 0.6) is 0 Å². The van der Waals surface area contributed by atoms with Gasteiger partial charge >= 0.3 is 6.18 Å². The van der Waals surface area contributed by atoms with Crippen molar-refractivity contribution in [2.45, 2.75) is 30.8 Å². The van der Waals surface area contributed by atoms with E-state index in [1.165, 1.54) is 6.07 Å². The lowest BCUT2D eigenvalue weighted by atomic mass is 10.1. The minimum Gasteiger partial charge on any atom is -0.372 e. The zero-order valence-electron chi connectivity index (χ0n) is 15.9. The van der Waals surface area contributed by atoms with Gasteiger partial charge in [0.2, 0.25) is 10.0 Å². The zero-order chi connectivity index (χ0) is 21.6. The molecule has 3 rings (SSSR count). The quantitative estimate of drug-likeness (QED) is 0.548.